The number of hydrogen-bond donors (Lipinski definition) is 2. The zero-order chi connectivity index (χ0) is 18.8. The number of piperidine rings is 1. The van der Waals surface area contributed by atoms with E-state index in [9.17, 15) is 9.59 Å². The molecule has 2 amide bonds. The fourth-order valence-electron chi connectivity index (χ4n) is 4.85. The molecule has 0 aromatic heterocycles. The summed E-state index contributed by atoms with van der Waals surface area (Å²) in [5, 5.41) is 12.6. The molecular formula is C21H30ClN3O3. The van der Waals surface area contributed by atoms with Crippen molar-refractivity contribution in [3.8, 4) is 0 Å². The Morgan fingerprint density at radius 3 is 2.21 bits per heavy atom. The summed E-state index contributed by atoms with van der Waals surface area (Å²) in [7, 11) is 0. The molecule has 4 rings (SSSR count). The third kappa shape index (κ3) is 4.28. The summed E-state index contributed by atoms with van der Waals surface area (Å²) in [6.45, 7) is 3.61. The van der Waals surface area contributed by atoms with Crippen LogP contribution >= 0.6 is 12.4 Å². The third-order valence-electron chi connectivity index (χ3n) is 6.54. The van der Waals surface area contributed by atoms with Gasteiger partial charge < -0.3 is 15.3 Å². The van der Waals surface area contributed by atoms with Crippen LogP contribution in [0.25, 0.3) is 0 Å². The van der Waals surface area contributed by atoms with E-state index in [-0.39, 0.29) is 30.4 Å². The monoisotopic (exact) mass is 407 g/mol. The summed E-state index contributed by atoms with van der Waals surface area (Å²) in [6, 6.07) is 8.79. The molecule has 2 aliphatic heterocycles. The lowest BCUT2D eigenvalue weighted by Gasteiger charge is -2.33. The van der Waals surface area contributed by atoms with E-state index in [1.807, 2.05) is 9.80 Å². The Bertz CT molecular complexity index is 683. The summed E-state index contributed by atoms with van der Waals surface area (Å²) in [5.74, 6) is -0.315. The van der Waals surface area contributed by atoms with Crippen molar-refractivity contribution in [2.45, 2.75) is 50.5 Å². The van der Waals surface area contributed by atoms with Crippen molar-refractivity contribution in [3.63, 3.8) is 0 Å². The zero-order valence-corrected chi connectivity index (χ0v) is 17.0. The van der Waals surface area contributed by atoms with E-state index in [0.717, 1.165) is 38.2 Å². The molecule has 0 unspecified atom stereocenters. The number of carbonyl (C=O) groups is 2. The first kappa shape index (κ1) is 20.9. The van der Waals surface area contributed by atoms with Crippen molar-refractivity contribution in [1.82, 2.24) is 10.2 Å². The van der Waals surface area contributed by atoms with Crippen molar-refractivity contribution in [1.29, 1.82) is 0 Å². The number of halogens is 1. The molecule has 154 valence electrons. The largest absolute Gasteiger partial charge is 0.481 e. The maximum atomic E-state index is 12.9. The second kappa shape index (κ2) is 9.14. The van der Waals surface area contributed by atoms with Gasteiger partial charge in [0, 0.05) is 24.8 Å². The lowest BCUT2D eigenvalue weighted by molar-refractivity contribution is -0.143. The summed E-state index contributed by atoms with van der Waals surface area (Å²) in [6.07, 6.45) is 5.30. The molecule has 1 aromatic carbocycles. The van der Waals surface area contributed by atoms with Gasteiger partial charge in [-0.25, -0.2) is 4.79 Å². The molecule has 7 heteroatoms. The van der Waals surface area contributed by atoms with Gasteiger partial charge >= 0.3 is 12.0 Å². The number of carboxylic acids is 1. The fourth-order valence-corrected chi connectivity index (χ4v) is 4.85. The van der Waals surface area contributed by atoms with Crippen molar-refractivity contribution in [2.24, 2.45) is 5.92 Å². The topological polar surface area (TPSA) is 72.9 Å². The predicted octanol–water partition coefficient (Wildman–Crippen LogP) is 3.46. The molecule has 28 heavy (non-hydrogen) atoms. The van der Waals surface area contributed by atoms with E-state index in [4.69, 9.17) is 5.11 Å². The number of carbonyl (C=O) groups excluding carboxylic acids is 1. The van der Waals surface area contributed by atoms with Gasteiger partial charge in [-0.2, -0.15) is 0 Å². The van der Waals surface area contributed by atoms with Crippen molar-refractivity contribution in [2.75, 3.05) is 31.1 Å². The molecule has 3 fully saturated rings. The Hall–Kier alpha value is -1.79. The number of benzene rings is 1. The van der Waals surface area contributed by atoms with Crippen molar-refractivity contribution >= 4 is 30.1 Å². The van der Waals surface area contributed by atoms with Crippen LogP contribution in [-0.2, 0) is 4.79 Å². The van der Waals surface area contributed by atoms with E-state index in [1.54, 1.807) is 0 Å². The van der Waals surface area contributed by atoms with Gasteiger partial charge in [0.2, 0.25) is 0 Å². The van der Waals surface area contributed by atoms with E-state index in [0.29, 0.717) is 25.3 Å². The van der Waals surface area contributed by atoms with Crippen LogP contribution in [0.1, 0.15) is 50.0 Å². The average Bonchev–Trinajstić information content (AvgIpc) is 3.10. The van der Waals surface area contributed by atoms with Crippen LogP contribution in [-0.4, -0.2) is 54.2 Å². The number of nitrogens with zero attached hydrogens (tertiary/aromatic N) is 2. The minimum atomic E-state index is -0.698. The summed E-state index contributed by atoms with van der Waals surface area (Å²) >= 11 is 0. The van der Waals surface area contributed by atoms with Gasteiger partial charge in [-0.15, -0.1) is 12.4 Å². The molecule has 1 saturated carbocycles. The van der Waals surface area contributed by atoms with Gasteiger partial charge in [0.1, 0.15) is 0 Å². The Morgan fingerprint density at radius 2 is 1.61 bits per heavy atom. The van der Waals surface area contributed by atoms with Crippen LogP contribution in [0.5, 0.6) is 0 Å². The molecule has 0 spiro atoms. The van der Waals surface area contributed by atoms with Crippen LogP contribution in [0.4, 0.5) is 10.5 Å². The number of rotatable bonds is 4. The van der Waals surface area contributed by atoms with Crippen LogP contribution in [0.15, 0.2) is 24.3 Å². The van der Waals surface area contributed by atoms with E-state index in [1.165, 1.54) is 18.4 Å². The fraction of sp³-hybridized carbons (Fsp3) is 0.619. The summed E-state index contributed by atoms with van der Waals surface area (Å²) in [5.41, 5.74) is 2.34. The van der Waals surface area contributed by atoms with Gasteiger partial charge in [-0.05, 0) is 75.2 Å². The minimum Gasteiger partial charge on any atom is -0.481 e. The Balaban J connectivity index is 0.00000225. The van der Waals surface area contributed by atoms with Gasteiger partial charge in [-0.1, -0.05) is 12.1 Å². The van der Waals surface area contributed by atoms with E-state index in [2.05, 4.69) is 29.6 Å². The number of hydrogen-bond acceptors (Lipinski definition) is 3. The Kier molecular flexibility index (Phi) is 6.83. The highest BCUT2D eigenvalue weighted by Crippen LogP contribution is 2.32. The molecule has 0 radical (unpaired) electrons. The predicted molar refractivity (Wildman–Crippen MR) is 111 cm³/mol. The van der Waals surface area contributed by atoms with Crippen LogP contribution in [0.3, 0.4) is 0 Å². The van der Waals surface area contributed by atoms with Crippen molar-refractivity contribution in [3.05, 3.63) is 29.8 Å². The van der Waals surface area contributed by atoms with E-state index >= 15 is 0 Å². The highest BCUT2D eigenvalue weighted by atomic mass is 35.5. The molecule has 3 aliphatic rings. The van der Waals surface area contributed by atoms with Crippen LogP contribution in [0.2, 0.25) is 0 Å². The van der Waals surface area contributed by atoms with Crippen LogP contribution in [0, 0.1) is 5.92 Å². The highest BCUT2D eigenvalue weighted by Gasteiger charge is 2.37. The first-order chi connectivity index (χ1) is 13.1. The maximum Gasteiger partial charge on any atom is 0.324 e. The number of amides is 2. The van der Waals surface area contributed by atoms with Gasteiger partial charge in [0.25, 0.3) is 0 Å². The first-order valence-corrected chi connectivity index (χ1v) is 10.2. The zero-order valence-electron chi connectivity index (χ0n) is 16.2. The average molecular weight is 408 g/mol. The van der Waals surface area contributed by atoms with E-state index < -0.39 is 5.97 Å². The molecule has 2 saturated heterocycles. The SMILES string of the molecule is Cl.O=C1N(c2ccc(C3CCNCC3)cc2)CCN1[C@H]1CC[C@H](C(=O)O)CC1. The standard InChI is InChI=1S/C21H29N3O3.ClH/c25-20(26)17-3-7-19(8-4-17)24-14-13-23(21(24)27)18-5-1-15(2-6-18)16-9-11-22-12-10-16;/h1-2,5-6,16-17,19,22H,3-4,7-14H2,(H,25,26);1H/t17-,19-;. The quantitative estimate of drug-likeness (QED) is 0.801. The molecule has 1 aromatic rings. The van der Waals surface area contributed by atoms with Crippen LogP contribution < -0.4 is 10.2 Å². The number of aliphatic carboxylic acids is 1. The lowest BCUT2D eigenvalue weighted by atomic mass is 9.85. The lowest BCUT2D eigenvalue weighted by Crippen LogP contribution is -2.42. The van der Waals surface area contributed by atoms with Gasteiger partial charge in [-0.3, -0.25) is 9.69 Å². The second-order valence-electron chi connectivity index (χ2n) is 8.09. The molecule has 6 nitrogen and oxygen atoms in total. The second-order valence-corrected chi connectivity index (χ2v) is 8.09. The maximum absolute atomic E-state index is 12.9. The molecule has 0 atom stereocenters. The third-order valence-corrected chi connectivity index (χ3v) is 6.54. The number of carboxylic acid groups (broad SMARTS) is 1. The Labute approximate surface area is 172 Å². The molecule has 2 heterocycles. The van der Waals surface area contributed by atoms with Gasteiger partial charge in [0.05, 0.1) is 5.92 Å². The summed E-state index contributed by atoms with van der Waals surface area (Å²) < 4.78 is 0. The molecular weight excluding hydrogens is 378 g/mol. The molecule has 1 aliphatic carbocycles. The normalized spacial score (nSPS) is 26.2. The number of nitrogens with one attached hydrogen (secondary N) is 1. The number of urea groups is 1. The highest BCUT2D eigenvalue weighted by molar-refractivity contribution is 5.94. The first-order valence-electron chi connectivity index (χ1n) is 10.2. The minimum absolute atomic E-state index is 0. The number of anilines is 1. The Morgan fingerprint density at radius 1 is 0.964 bits per heavy atom. The molecule has 0 bridgehead atoms. The van der Waals surface area contributed by atoms with Crippen molar-refractivity contribution < 1.29 is 14.7 Å². The molecule has 2 N–H and O–H groups in total. The van der Waals surface area contributed by atoms with Gasteiger partial charge in [0.15, 0.2) is 0 Å². The summed E-state index contributed by atoms with van der Waals surface area (Å²) in [4.78, 5) is 27.9. The smallest absolute Gasteiger partial charge is 0.324 e.